The van der Waals surface area contributed by atoms with Crippen LogP contribution in [-0.4, -0.2) is 50.7 Å². The number of hydrogen-bond donors (Lipinski definition) is 2. The fraction of sp³-hybridized carbons (Fsp3) is 0.875. The molecular weight excluding hydrogens is 270 g/mol. The maximum Gasteiger partial charge on any atom is 0.321 e. The Hall–Kier alpha value is -0.670. The minimum Gasteiger partial charge on any atom is -0.480 e. The van der Waals surface area contributed by atoms with Gasteiger partial charge < -0.3 is 5.11 Å². The van der Waals surface area contributed by atoms with Crippen LogP contribution in [0.5, 0.6) is 0 Å². The number of rotatable bonds is 5. The smallest absolute Gasteiger partial charge is 0.321 e. The zero-order chi connectivity index (χ0) is 13.3. The molecule has 0 bridgehead atoms. The predicted molar refractivity (Wildman–Crippen MR) is 60.8 cm³/mol. The van der Waals surface area contributed by atoms with Crippen molar-refractivity contribution in [3.8, 4) is 0 Å². The van der Waals surface area contributed by atoms with Crippen LogP contribution in [0.2, 0.25) is 0 Å². The van der Waals surface area contributed by atoms with Crippen molar-refractivity contribution in [1.29, 1.82) is 0 Å². The molecule has 0 spiro atoms. The summed E-state index contributed by atoms with van der Waals surface area (Å²) in [4.78, 5) is 10.7. The molecule has 2 unspecified atom stereocenters. The lowest BCUT2D eigenvalue weighted by Crippen LogP contribution is -2.45. The molecule has 0 aromatic rings. The van der Waals surface area contributed by atoms with E-state index in [1.54, 1.807) is 0 Å². The largest absolute Gasteiger partial charge is 0.480 e. The Balaban J connectivity index is 2.80. The summed E-state index contributed by atoms with van der Waals surface area (Å²) in [7, 11) is -7.21. The van der Waals surface area contributed by atoms with Gasteiger partial charge in [0.2, 0.25) is 10.0 Å². The molecule has 9 heteroatoms. The van der Waals surface area contributed by atoms with E-state index in [1.165, 1.54) is 6.92 Å². The third-order valence-corrected chi connectivity index (χ3v) is 6.51. The Morgan fingerprint density at radius 1 is 1.53 bits per heavy atom. The molecule has 1 aliphatic rings. The molecule has 1 fully saturated rings. The summed E-state index contributed by atoms with van der Waals surface area (Å²) >= 11 is 0. The molecule has 2 N–H and O–H groups in total. The second kappa shape index (κ2) is 4.91. The number of carboxylic acid groups (broad SMARTS) is 1. The summed E-state index contributed by atoms with van der Waals surface area (Å²) < 4.78 is 47.9. The van der Waals surface area contributed by atoms with Gasteiger partial charge in [-0.05, 0) is 12.8 Å². The normalized spacial score (nSPS) is 25.6. The van der Waals surface area contributed by atoms with Gasteiger partial charge in [0.25, 0.3) is 0 Å². The first-order valence-electron chi connectivity index (χ1n) is 5.12. The van der Waals surface area contributed by atoms with E-state index in [9.17, 15) is 21.6 Å². The zero-order valence-electron chi connectivity index (χ0n) is 9.29. The van der Waals surface area contributed by atoms with Gasteiger partial charge in [-0.25, -0.2) is 21.6 Å². The Kier molecular flexibility index (Phi) is 4.15. The van der Waals surface area contributed by atoms with Crippen molar-refractivity contribution in [2.45, 2.75) is 31.1 Å². The van der Waals surface area contributed by atoms with E-state index in [-0.39, 0.29) is 18.6 Å². The van der Waals surface area contributed by atoms with Gasteiger partial charge in [-0.15, -0.1) is 0 Å². The van der Waals surface area contributed by atoms with E-state index >= 15 is 0 Å². The number of carbonyl (C=O) groups is 1. The van der Waals surface area contributed by atoms with Gasteiger partial charge in [0, 0.05) is 0 Å². The first-order valence-corrected chi connectivity index (χ1v) is 8.49. The van der Waals surface area contributed by atoms with Crippen LogP contribution in [-0.2, 0) is 24.7 Å². The second-order valence-corrected chi connectivity index (χ2v) is 8.21. The van der Waals surface area contributed by atoms with Crippen LogP contribution in [0.4, 0.5) is 0 Å². The monoisotopic (exact) mass is 285 g/mol. The molecule has 0 amide bonds. The Morgan fingerprint density at radius 2 is 2.12 bits per heavy atom. The average Bonchev–Trinajstić information content (AvgIpc) is 2.55. The fourth-order valence-electron chi connectivity index (χ4n) is 1.61. The number of hydrogen-bond acceptors (Lipinski definition) is 5. The van der Waals surface area contributed by atoms with Gasteiger partial charge in [-0.2, -0.15) is 0 Å². The Labute approximate surface area is 100 Å². The first-order chi connectivity index (χ1) is 7.68. The van der Waals surface area contributed by atoms with Crippen molar-refractivity contribution in [3.63, 3.8) is 0 Å². The van der Waals surface area contributed by atoms with Gasteiger partial charge in [-0.3, -0.25) is 4.79 Å². The number of carboxylic acids is 1. The van der Waals surface area contributed by atoms with E-state index < -0.39 is 42.9 Å². The van der Waals surface area contributed by atoms with E-state index in [4.69, 9.17) is 5.11 Å². The maximum absolute atomic E-state index is 11.8. The van der Waals surface area contributed by atoms with Crippen LogP contribution in [0.1, 0.15) is 19.8 Å². The molecule has 0 radical (unpaired) electrons. The Morgan fingerprint density at radius 3 is 2.47 bits per heavy atom. The van der Waals surface area contributed by atoms with Crippen LogP contribution >= 0.6 is 0 Å². The number of sulfonamides is 1. The van der Waals surface area contributed by atoms with Crippen molar-refractivity contribution in [2.75, 3.05) is 11.5 Å². The van der Waals surface area contributed by atoms with E-state index in [0.29, 0.717) is 0 Å². The first kappa shape index (κ1) is 14.4. The van der Waals surface area contributed by atoms with Crippen molar-refractivity contribution < 1.29 is 26.7 Å². The fourth-order valence-corrected chi connectivity index (χ4v) is 5.92. The molecule has 0 saturated carbocycles. The zero-order valence-corrected chi connectivity index (χ0v) is 10.9. The molecule has 1 rings (SSSR count). The maximum atomic E-state index is 11.8. The van der Waals surface area contributed by atoms with Crippen molar-refractivity contribution in [2.24, 2.45) is 0 Å². The molecule has 1 heterocycles. The van der Waals surface area contributed by atoms with Gasteiger partial charge in [0.1, 0.15) is 6.04 Å². The number of nitrogens with one attached hydrogen (secondary N) is 1. The third-order valence-electron chi connectivity index (χ3n) is 2.64. The van der Waals surface area contributed by atoms with Crippen molar-refractivity contribution in [3.05, 3.63) is 0 Å². The van der Waals surface area contributed by atoms with E-state index in [0.717, 1.165) is 0 Å². The Bertz CT molecular complexity index is 494. The minimum absolute atomic E-state index is 0.0215. The molecule has 2 atom stereocenters. The van der Waals surface area contributed by atoms with Crippen LogP contribution in [0.3, 0.4) is 0 Å². The molecule has 1 aliphatic heterocycles. The molecule has 0 aliphatic carbocycles. The number of sulfone groups is 1. The van der Waals surface area contributed by atoms with Gasteiger partial charge in [-0.1, -0.05) is 6.92 Å². The predicted octanol–water partition coefficient (Wildman–Crippen LogP) is -1.04. The topological polar surface area (TPSA) is 118 Å². The molecule has 100 valence electrons. The lowest BCUT2D eigenvalue weighted by molar-refractivity contribution is -0.139. The SMILES string of the molecule is CCC(NS(=O)(=O)C1CCS(=O)(=O)C1)C(=O)O. The standard InChI is InChI=1S/C8H15NO6S2/c1-2-7(8(10)11)9-17(14,15)6-3-4-16(12,13)5-6/h6-7,9H,2-5H2,1H3,(H,10,11). The highest BCUT2D eigenvalue weighted by Crippen LogP contribution is 2.18. The van der Waals surface area contributed by atoms with Crippen LogP contribution < -0.4 is 4.72 Å². The summed E-state index contributed by atoms with van der Waals surface area (Å²) in [5, 5.41) is 7.70. The third kappa shape index (κ3) is 3.65. The highest BCUT2D eigenvalue weighted by molar-refractivity contribution is 7.95. The van der Waals surface area contributed by atoms with Crippen molar-refractivity contribution >= 4 is 25.8 Å². The highest BCUT2D eigenvalue weighted by Gasteiger charge is 2.38. The average molecular weight is 285 g/mol. The molecule has 17 heavy (non-hydrogen) atoms. The van der Waals surface area contributed by atoms with Gasteiger partial charge in [0.15, 0.2) is 9.84 Å². The summed E-state index contributed by atoms with van der Waals surface area (Å²) in [6.07, 6.45) is 0.127. The summed E-state index contributed by atoms with van der Waals surface area (Å²) in [5.74, 6) is -1.86. The quantitative estimate of drug-likeness (QED) is 0.666. The van der Waals surface area contributed by atoms with E-state index in [1.807, 2.05) is 4.72 Å². The van der Waals surface area contributed by atoms with Crippen LogP contribution in [0, 0.1) is 0 Å². The summed E-state index contributed by atoms with van der Waals surface area (Å²) in [6.45, 7) is 1.53. The van der Waals surface area contributed by atoms with Crippen molar-refractivity contribution in [1.82, 2.24) is 4.72 Å². The minimum atomic E-state index is -3.90. The second-order valence-electron chi connectivity index (χ2n) is 3.99. The van der Waals surface area contributed by atoms with Gasteiger partial charge in [0.05, 0.1) is 16.8 Å². The molecular formula is C8H15NO6S2. The molecule has 1 saturated heterocycles. The summed E-state index contributed by atoms with van der Waals surface area (Å²) in [6, 6.07) is -1.21. The highest BCUT2D eigenvalue weighted by atomic mass is 32.2. The lowest BCUT2D eigenvalue weighted by Gasteiger charge is -2.15. The lowest BCUT2D eigenvalue weighted by atomic mass is 10.2. The molecule has 7 nitrogen and oxygen atoms in total. The molecule has 0 aromatic heterocycles. The van der Waals surface area contributed by atoms with E-state index in [2.05, 4.69) is 0 Å². The van der Waals surface area contributed by atoms with Crippen LogP contribution in [0.25, 0.3) is 0 Å². The van der Waals surface area contributed by atoms with Gasteiger partial charge >= 0.3 is 5.97 Å². The number of aliphatic carboxylic acids is 1. The summed E-state index contributed by atoms with van der Waals surface area (Å²) in [5.41, 5.74) is 0. The molecule has 0 aromatic carbocycles. The van der Waals surface area contributed by atoms with Crippen LogP contribution in [0.15, 0.2) is 0 Å².